The van der Waals surface area contributed by atoms with E-state index < -0.39 is 0 Å². The summed E-state index contributed by atoms with van der Waals surface area (Å²) in [5, 5.41) is 12.1. The molecule has 2 saturated heterocycles. The Labute approximate surface area is 158 Å². The topological polar surface area (TPSA) is 30.9 Å². The lowest BCUT2D eigenvalue weighted by molar-refractivity contribution is 0.187. The third-order valence-corrected chi connectivity index (χ3v) is 6.08. The van der Waals surface area contributed by atoms with Gasteiger partial charge in [0.15, 0.2) is 10.3 Å². The molecule has 0 spiro atoms. The van der Waals surface area contributed by atoms with E-state index in [1.54, 1.807) is 17.8 Å². The van der Waals surface area contributed by atoms with Gasteiger partial charge in [0.1, 0.15) is 5.82 Å². The molecule has 136 valence electrons. The minimum Gasteiger partial charge on any atom is -0.332 e. The van der Waals surface area contributed by atoms with Crippen LogP contribution in [0, 0.1) is 11.7 Å². The number of rotatable bonds is 3. The minimum absolute atomic E-state index is 0.273. The molecule has 25 heavy (non-hydrogen) atoms. The van der Waals surface area contributed by atoms with Crippen molar-refractivity contribution < 1.29 is 4.39 Å². The maximum Gasteiger partial charge on any atom is 0.189 e. The molecule has 0 amide bonds. The number of nitrogens with zero attached hydrogens (tertiary/aromatic N) is 3. The highest BCUT2D eigenvalue weighted by Crippen LogP contribution is 2.28. The number of halogens is 1. The van der Waals surface area contributed by atoms with Gasteiger partial charge in [-0.25, -0.2) is 4.39 Å². The van der Waals surface area contributed by atoms with E-state index in [9.17, 15) is 4.39 Å². The third kappa shape index (κ3) is 4.85. The van der Waals surface area contributed by atoms with E-state index >= 15 is 0 Å². The van der Waals surface area contributed by atoms with Crippen LogP contribution < -0.4 is 5.32 Å². The Morgan fingerprint density at radius 3 is 2.84 bits per heavy atom. The number of thioether (sulfide) groups is 1. The van der Waals surface area contributed by atoms with Crippen molar-refractivity contribution in [2.75, 3.05) is 25.0 Å². The first-order chi connectivity index (χ1) is 12.0. The number of piperidine rings is 1. The first-order valence-electron chi connectivity index (χ1n) is 8.89. The molecule has 2 aliphatic rings. The maximum absolute atomic E-state index is 13.4. The van der Waals surface area contributed by atoms with Gasteiger partial charge in [0.05, 0.1) is 0 Å². The molecular weight excluding hydrogens is 355 g/mol. The smallest absolute Gasteiger partial charge is 0.189 e. The van der Waals surface area contributed by atoms with Crippen LogP contribution in [0.1, 0.15) is 33.1 Å². The van der Waals surface area contributed by atoms with Crippen molar-refractivity contribution >= 4 is 39.9 Å². The fourth-order valence-electron chi connectivity index (χ4n) is 3.17. The standard InChI is InChI=1S/C18H25FN4S2/c1-3-14-7-9-22(10-8-14)21-18-23(12-13(2)25-18)17(24)20-16-6-4-5-15(19)11-16/h4-6,11,13-14H,3,7-10,12H2,1-2H3,(H,20,24)/b21-18-. The van der Waals surface area contributed by atoms with Crippen molar-refractivity contribution in [1.29, 1.82) is 0 Å². The van der Waals surface area contributed by atoms with Crippen LogP contribution in [0.5, 0.6) is 0 Å². The second-order valence-electron chi connectivity index (χ2n) is 6.67. The van der Waals surface area contributed by atoms with Crippen molar-refractivity contribution in [2.24, 2.45) is 11.0 Å². The van der Waals surface area contributed by atoms with E-state index in [1.807, 2.05) is 11.0 Å². The van der Waals surface area contributed by atoms with Gasteiger partial charge in [-0.15, -0.1) is 0 Å². The monoisotopic (exact) mass is 380 g/mol. The van der Waals surface area contributed by atoms with Gasteiger partial charge in [-0.3, -0.25) is 9.91 Å². The molecule has 3 rings (SSSR count). The highest BCUT2D eigenvalue weighted by Gasteiger charge is 2.30. The number of hydrazone groups is 1. The molecule has 1 aromatic rings. The number of thiocarbonyl (C=S) groups is 1. The first kappa shape index (κ1) is 18.5. The van der Waals surface area contributed by atoms with Gasteiger partial charge in [0.2, 0.25) is 0 Å². The molecule has 4 nitrogen and oxygen atoms in total. The highest BCUT2D eigenvalue weighted by molar-refractivity contribution is 8.14. The number of nitrogens with one attached hydrogen (secondary N) is 1. The Hall–Kier alpha value is -1.34. The van der Waals surface area contributed by atoms with Crippen LogP contribution in [0.2, 0.25) is 0 Å². The Kier molecular flexibility index (Phi) is 6.17. The Morgan fingerprint density at radius 1 is 1.40 bits per heavy atom. The normalized spacial score (nSPS) is 23.3. The predicted octanol–water partition coefficient (Wildman–Crippen LogP) is 4.35. The van der Waals surface area contributed by atoms with Gasteiger partial charge in [-0.05, 0) is 49.2 Å². The summed E-state index contributed by atoms with van der Waals surface area (Å²) in [7, 11) is 0. The van der Waals surface area contributed by atoms with Crippen LogP contribution >= 0.6 is 24.0 Å². The first-order valence-corrected chi connectivity index (χ1v) is 10.2. The van der Waals surface area contributed by atoms with Gasteiger partial charge >= 0.3 is 0 Å². The average molecular weight is 381 g/mol. The largest absolute Gasteiger partial charge is 0.332 e. The van der Waals surface area contributed by atoms with Crippen LogP contribution in [0.25, 0.3) is 0 Å². The summed E-state index contributed by atoms with van der Waals surface area (Å²) in [5.41, 5.74) is 0.665. The molecule has 0 bridgehead atoms. The van der Waals surface area contributed by atoms with E-state index in [-0.39, 0.29) is 5.82 Å². The molecule has 0 aliphatic carbocycles. The van der Waals surface area contributed by atoms with Gasteiger partial charge in [-0.2, -0.15) is 5.10 Å². The van der Waals surface area contributed by atoms with E-state index in [0.717, 1.165) is 30.7 Å². The van der Waals surface area contributed by atoms with Crippen LogP contribution in [-0.4, -0.2) is 45.1 Å². The number of amidine groups is 1. The lowest BCUT2D eigenvalue weighted by Crippen LogP contribution is -2.38. The maximum atomic E-state index is 13.4. The zero-order valence-corrected chi connectivity index (χ0v) is 16.4. The lowest BCUT2D eigenvalue weighted by Gasteiger charge is -2.30. The molecule has 0 radical (unpaired) electrons. The molecule has 1 atom stereocenters. The Bertz CT molecular complexity index is 644. The summed E-state index contributed by atoms with van der Waals surface area (Å²) >= 11 is 7.30. The Balaban J connectivity index is 1.66. The summed E-state index contributed by atoms with van der Waals surface area (Å²) in [5.74, 6) is 0.558. The molecule has 0 saturated carbocycles. The summed E-state index contributed by atoms with van der Waals surface area (Å²) in [6.45, 7) is 7.27. The quantitative estimate of drug-likeness (QED) is 0.788. The molecule has 0 aromatic heterocycles. The van der Waals surface area contributed by atoms with Gasteiger partial charge in [0.25, 0.3) is 0 Å². The highest BCUT2D eigenvalue weighted by atomic mass is 32.2. The van der Waals surface area contributed by atoms with E-state index in [4.69, 9.17) is 17.3 Å². The summed E-state index contributed by atoms with van der Waals surface area (Å²) in [6, 6.07) is 6.36. The van der Waals surface area contributed by atoms with E-state index in [2.05, 4.69) is 24.2 Å². The number of hydrogen-bond donors (Lipinski definition) is 1. The molecule has 7 heteroatoms. The molecule has 2 fully saturated rings. The molecule has 2 aliphatic heterocycles. The van der Waals surface area contributed by atoms with Crippen molar-refractivity contribution in [3.05, 3.63) is 30.1 Å². The van der Waals surface area contributed by atoms with E-state index in [0.29, 0.717) is 16.0 Å². The number of hydrogen-bond acceptors (Lipinski definition) is 4. The number of anilines is 1. The molecule has 2 heterocycles. The Morgan fingerprint density at radius 2 is 2.16 bits per heavy atom. The van der Waals surface area contributed by atoms with Gasteiger partial charge in [-0.1, -0.05) is 38.1 Å². The zero-order chi connectivity index (χ0) is 17.8. The molecule has 1 N–H and O–H groups in total. The van der Waals surface area contributed by atoms with Crippen molar-refractivity contribution in [2.45, 2.75) is 38.4 Å². The molecule has 1 unspecified atom stereocenters. The average Bonchev–Trinajstić information content (AvgIpc) is 2.96. The zero-order valence-electron chi connectivity index (χ0n) is 14.7. The summed E-state index contributed by atoms with van der Waals surface area (Å²) in [6.07, 6.45) is 3.67. The number of benzene rings is 1. The fraction of sp³-hybridized carbons (Fsp3) is 0.556. The van der Waals surface area contributed by atoms with Crippen LogP contribution in [0.15, 0.2) is 29.4 Å². The molecule has 1 aromatic carbocycles. The second-order valence-corrected chi connectivity index (χ2v) is 8.46. The van der Waals surface area contributed by atoms with Crippen molar-refractivity contribution in [3.8, 4) is 0 Å². The predicted molar refractivity (Wildman–Crippen MR) is 108 cm³/mol. The summed E-state index contributed by atoms with van der Waals surface area (Å²) in [4.78, 5) is 2.03. The van der Waals surface area contributed by atoms with Crippen LogP contribution in [0.3, 0.4) is 0 Å². The minimum atomic E-state index is -0.273. The summed E-state index contributed by atoms with van der Waals surface area (Å²) < 4.78 is 13.4. The van der Waals surface area contributed by atoms with Crippen LogP contribution in [-0.2, 0) is 0 Å². The second kappa shape index (κ2) is 8.36. The van der Waals surface area contributed by atoms with Gasteiger partial charge < -0.3 is 5.32 Å². The van der Waals surface area contributed by atoms with Gasteiger partial charge in [0, 0.05) is 30.6 Å². The van der Waals surface area contributed by atoms with Crippen molar-refractivity contribution in [3.63, 3.8) is 0 Å². The fourth-order valence-corrected chi connectivity index (χ4v) is 4.54. The van der Waals surface area contributed by atoms with Crippen molar-refractivity contribution in [1.82, 2.24) is 9.91 Å². The third-order valence-electron chi connectivity index (χ3n) is 4.69. The SMILES string of the molecule is CCC1CCN(/N=C2\SC(C)CN2C(=S)Nc2cccc(F)c2)CC1. The lowest BCUT2D eigenvalue weighted by atomic mass is 9.95. The van der Waals surface area contributed by atoms with E-state index in [1.165, 1.54) is 31.4 Å². The van der Waals surface area contributed by atoms with Crippen LogP contribution in [0.4, 0.5) is 10.1 Å². The molecular formula is C18H25FN4S2.